The molecule has 0 aliphatic carbocycles. The number of sulfone groups is 1. The number of hydrogen-bond donors (Lipinski definition) is 1. The van der Waals surface area contributed by atoms with E-state index in [0.717, 1.165) is 17.9 Å². The Balaban J connectivity index is 1.79. The lowest BCUT2D eigenvalue weighted by molar-refractivity contribution is 0.600. The first-order valence-electron chi connectivity index (χ1n) is 8.10. The molecule has 3 rings (SSSR count). The third-order valence-corrected chi connectivity index (χ3v) is 6.15. The number of hydrogen-bond acceptors (Lipinski definition) is 6. The third-order valence-electron chi connectivity index (χ3n) is 4.40. The fourth-order valence-corrected chi connectivity index (χ4v) is 4.72. The summed E-state index contributed by atoms with van der Waals surface area (Å²) in [5.41, 5.74) is 2.19. The van der Waals surface area contributed by atoms with Crippen molar-refractivity contribution in [3.63, 3.8) is 0 Å². The minimum Gasteiger partial charge on any atom is -0.355 e. The molecule has 0 spiro atoms. The Bertz CT molecular complexity index is 823. The van der Waals surface area contributed by atoms with E-state index in [2.05, 4.69) is 28.3 Å². The molecule has 0 amide bonds. The molecule has 7 heteroatoms. The van der Waals surface area contributed by atoms with E-state index < -0.39 is 9.84 Å². The second-order valence-electron chi connectivity index (χ2n) is 6.04. The summed E-state index contributed by atoms with van der Waals surface area (Å²) >= 11 is 0. The predicted octanol–water partition coefficient (Wildman–Crippen LogP) is 2.41. The largest absolute Gasteiger partial charge is 0.355 e. The minimum absolute atomic E-state index is 0.0271. The summed E-state index contributed by atoms with van der Waals surface area (Å²) in [7, 11) is -1.03. The fraction of sp³-hybridized carbons (Fsp3) is 0.412. The van der Waals surface area contributed by atoms with Crippen molar-refractivity contribution in [2.75, 3.05) is 28.8 Å². The second-order valence-corrected chi connectivity index (χ2v) is 8.27. The summed E-state index contributed by atoms with van der Waals surface area (Å²) in [6.07, 6.45) is 3.26. The molecule has 1 saturated heterocycles. The van der Waals surface area contributed by atoms with Gasteiger partial charge in [0.25, 0.3) is 0 Å². The van der Waals surface area contributed by atoms with Gasteiger partial charge in [0, 0.05) is 25.0 Å². The van der Waals surface area contributed by atoms with E-state index in [-0.39, 0.29) is 17.5 Å². The highest BCUT2D eigenvalue weighted by Crippen LogP contribution is 2.23. The van der Waals surface area contributed by atoms with Crippen molar-refractivity contribution in [1.29, 1.82) is 0 Å². The van der Waals surface area contributed by atoms with Crippen LogP contribution in [0.4, 0.5) is 17.5 Å². The second kappa shape index (κ2) is 6.76. The van der Waals surface area contributed by atoms with Crippen LogP contribution in [0.1, 0.15) is 18.9 Å². The molecule has 1 aliphatic heterocycles. The van der Waals surface area contributed by atoms with Crippen LogP contribution in [-0.2, 0) is 16.3 Å². The van der Waals surface area contributed by atoms with Crippen LogP contribution in [-0.4, -0.2) is 43.0 Å². The van der Waals surface area contributed by atoms with Crippen LogP contribution in [0.3, 0.4) is 0 Å². The Kier molecular flexibility index (Phi) is 4.71. The van der Waals surface area contributed by atoms with Gasteiger partial charge in [0.1, 0.15) is 5.82 Å². The first-order chi connectivity index (χ1) is 11.5. The topological polar surface area (TPSA) is 75.2 Å². The van der Waals surface area contributed by atoms with E-state index in [4.69, 9.17) is 0 Å². The van der Waals surface area contributed by atoms with Gasteiger partial charge in [-0.1, -0.05) is 25.1 Å². The molecular weight excluding hydrogens is 324 g/mol. The van der Waals surface area contributed by atoms with Crippen molar-refractivity contribution in [3.05, 3.63) is 42.1 Å². The molecule has 1 fully saturated rings. The Hall–Kier alpha value is -2.15. The number of nitrogens with zero attached hydrogens (tertiary/aromatic N) is 3. The van der Waals surface area contributed by atoms with E-state index in [9.17, 15) is 8.42 Å². The van der Waals surface area contributed by atoms with Crippen LogP contribution in [0.5, 0.6) is 0 Å². The maximum Gasteiger partial charge on any atom is 0.229 e. The van der Waals surface area contributed by atoms with Crippen LogP contribution in [0.15, 0.2) is 36.5 Å². The SMILES string of the molecule is CCc1ccccc1Nc1nccc(N(C)C2CCS(=O)(=O)C2)n1. The molecule has 2 heterocycles. The average Bonchev–Trinajstić information content (AvgIpc) is 2.95. The normalized spacial score (nSPS) is 19.2. The van der Waals surface area contributed by atoms with Gasteiger partial charge in [-0.2, -0.15) is 4.98 Å². The molecule has 1 atom stereocenters. The third kappa shape index (κ3) is 3.67. The average molecular weight is 346 g/mol. The Morgan fingerprint density at radius 3 is 2.79 bits per heavy atom. The molecule has 0 bridgehead atoms. The van der Waals surface area contributed by atoms with Gasteiger partial charge >= 0.3 is 0 Å². The zero-order chi connectivity index (χ0) is 17.2. The minimum atomic E-state index is -2.92. The lowest BCUT2D eigenvalue weighted by Gasteiger charge is -2.24. The summed E-state index contributed by atoms with van der Waals surface area (Å²) < 4.78 is 23.4. The quantitative estimate of drug-likeness (QED) is 0.896. The van der Waals surface area contributed by atoms with Crippen molar-refractivity contribution >= 4 is 27.3 Å². The molecule has 128 valence electrons. The number of aromatic nitrogens is 2. The van der Waals surface area contributed by atoms with Gasteiger partial charge in [-0.3, -0.25) is 0 Å². The number of nitrogens with one attached hydrogen (secondary N) is 1. The summed E-state index contributed by atoms with van der Waals surface area (Å²) in [4.78, 5) is 10.8. The molecule has 1 aromatic heterocycles. The number of rotatable bonds is 5. The summed E-state index contributed by atoms with van der Waals surface area (Å²) in [6, 6.07) is 9.84. The molecule has 6 nitrogen and oxygen atoms in total. The van der Waals surface area contributed by atoms with Crippen molar-refractivity contribution < 1.29 is 8.42 Å². The van der Waals surface area contributed by atoms with Gasteiger partial charge in [0.15, 0.2) is 9.84 Å². The van der Waals surface area contributed by atoms with Crippen molar-refractivity contribution in [2.45, 2.75) is 25.8 Å². The fourth-order valence-electron chi connectivity index (χ4n) is 2.94. The van der Waals surface area contributed by atoms with Gasteiger partial charge in [-0.05, 0) is 30.5 Å². The molecule has 2 aromatic rings. The Labute approximate surface area is 142 Å². The summed E-state index contributed by atoms with van der Waals surface area (Å²) in [6.45, 7) is 2.10. The van der Waals surface area contributed by atoms with Crippen LogP contribution in [0.2, 0.25) is 0 Å². The summed E-state index contributed by atoms with van der Waals surface area (Å²) in [5.74, 6) is 1.68. The van der Waals surface area contributed by atoms with E-state index in [1.54, 1.807) is 6.20 Å². The van der Waals surface area contributed by atoms with Crippen molar-refractivity contribution in [2.24, 2.45) is 0 Å². The number of para-hydroxylation sites is 1. The maximum atomic E-state index is 11.7. The molecule has 1 aliphatic rings. The molecular formula is C17H22N4O2S. The lowest BCUT2D eigenvalue weighted by atomic mass is 10.1. The molecule has 0 radical (unpaired) electrons. The van der Waals surface area contributed by atoms with E-state index in [0.29, 0.717) is 12.4 Å². The van der Waals surface area contributed by atoms with Gasteiger partial charge in [-0.15, -0.1) is 0 Å². The van der Waals surface area contributed by atoms with Crippen LogP contribution >= 0.6 is 0 Å². The zero-order valence-electron chi connectivity index (χ0n) is 13.9. The first-order valence-corrected chi connectivity index (χ1v) is 9.92. The Morgan fingerprint density at radius 1 is 1.29 bits per heavy atom. The highest BCUT2D eigenvalue weighted by atomic mass is 32.2. The molecule has 24 heavy (non-hydrogen) atoms. The van der Waals surface area contributed by atoms with Gasteiger partial charge in [0.05, 0.1) is 11.5 Å². The van der Waals surface area contributed by atoms with E-state index in [1.807, 2.05) is 36.2 Å². The number of aryl methyl sites for hydroxylation is 1. The van der Waals surface area contributed by atoms with Gasteiger partial charge in [0.2, 0.25) is 5.95 Å². The lowest BCUT2D eigenvalue weighted by Crippen LogP contribution is -2.33. The van der Waals surface area contributed by atoms with Crippen LogP contribution in [0.25, 0.3) is 0 Å². The number of benzene rings is 1. The van der Waals surface area contributed by atoms with Gasteiger partial charge in [-0.25, -0.2) is 13.4 Å². The molecule has 1 N–H and O–H groups in total. The van der Waals surface area contributed by atoms with E-state index in [1.165, 1.54) is 5.56 Å². The maximum absolute atomic E-state index is 11.7. The molecule has 1 unspecified atom stereocenters. The van der Waals surface area contributed by atoms with E-state index >= 15 is 0 Å². The monoisotopic (exact) mass is 346 g/mol. The van der Waals surface area contributed by atoms with Gasteiger partial charge < -0.3 is 10.2 Å². The van der Waals surface area contributed by atoms with Crippen LogP contribution in [0, 0.1) is 0 Å². The smallest absolute Gasteiger partial charge is 0.229 e. The van der Waals surface area contributed by atoms with Crippen molar-refractivity contribution in [1.82, 2.24) is 9.97 Å². The van der Waals surface area contributed by atoms with Crippen LogP contribution < -0.4 is 10.2 Å². The first kappa shape index (κ1) is 16.7. The Morgan fingerprint density at radius 2 is 2.08 bits per heavy atom. The highest BCUT2D eigenvalue weighted by molar-refractivity contribution is 7.91. The zero-order valence-corrected chi connectivity index (χ0v) is 14.8. The summed E-state index contributed by atoms with van der Waals surface area (Å²) in [5, 5.41) is 3.26. The van der Waals surface area contributed by atoms with Crippen molar-refractivity contribution in [3.8, 4) is 0 Å². The predicted molar refractivity (Wildman–Crippen MR) is 96.6 cm³/mol. The highest BCUT2D eigenvalue weighted by Gasteiger charge is 2.31. The number of anilines is 3. The molecule has 1 aromatic carbocycles. The molecule has 0 saturated carbocycles. The standard InChI is InChI=1S/C17H22N4O2S/c1-3-13-6-4-5-7-15(13)19-17-18-10-8-16(20-17)21(2)14-9-11-24(22,23)12-14/h4-8,10,14H,3,9,11-12H2,1-2H3,(H,18,19,20).